The van der Waals surface area contributed by atoms with Crippen LogP contribution in [-0.4, -0.2) is 27.8 Å². The van der Waals surface area contributed by atoms with E-state index in [-0.39, 0.29) is 5.91 Å². The Bertz CT molecular complexity index is 960. The SMILES string of the molecule is C[C@@H](C(=O)[O-])N1C(=O)c2ccccc2[C@H]1c1c[nH]c2ccccc12. The lowest BCUT2D eigenvalue weighted by atomic mass is 9.97. The van der Waals surface area contributed by atoms with Gasteiger partial charge in [-0.3, -0.25) is 4.79 Å². The number of H-pyrrole nitrogens is 1. The topological polar surface area (TPSA) is 76.2 Å². The molecule has 0 aliphatic carbocycles. The van der Waals surface area contributed by atoms with Crippen molar-refractivity contribution in [1.82, 2.24) is 9.88 Å². The molecule has 0 saturated carbocycles. The van der Waals surface area contributed by atoms with Crippen LogP contribution in [0.5, 0.6) is 0 Å². The number of benzene rings is 2. The number of carboxylic acids is 1. The van der Waals surface area contributed by atoms with E-state index >= 15 is 0 Å². The monoisotopic (exact) mass is 319 g/mol. The molecule has 1 amide bonds. The zero-order valence-corrected chi connectivity index (χ0v) is 13.0. The third-order valence-corrected chi connectivity index (χ3v) is 4.67. The minimum absolute atomic E-state index is 0.280. The first-order valence-corrected chi connectivity index (χ1v) is 7.78. The van der Waals surface area contributed by atoms with Gasteiger partial charge in [-0.1, -0.05) is 36.4 Å². The molecule has 0 bridgehead atoms. The Morgan fingerprint density at radius 3 is 2.62 bits per heavy atom. The highest BCUT2D eigenvalue weighted by molar-refractivity contribution is 6.02. The zero-order chi connectivity index (χ0) is 16.8. The largest absolute Gasteiger partial charge is 0.548 e. The molecule has 1 aromatic heterocycles. The lowest BCUT2D eigenvalue weighted by molar-refractivity contribution is -0.310. The summed E-state index contributed by atoms with van der Waals surface area (Å²) in [5, 5.41) is 12.4. The molecule has 2 aromatic carbocycles. The minimum atomic E-state index is -1.26. The predicted molar refractivity (Wildman–Crippen MR) is 87.2 cm³/mol. The van der Waals surface area contributed by atoms with Gasteiger partial charge in [0, 0.05) is 28.2 Å². The number of carbonyl (C=O) groups excluding carboxylic acids is 2. The molecule has 0 spiro atoms. The van der Waals surface area contributed by atoms with Crippen LogP contribution in [0.1, 0.15) is 34.5 Å². The Morgan fingerprint density at radius 1 is 1.12 bits per heavy atom. The van der Waals surface area contributed by atoms with Crippen LogP contribution in [0.25, 0.3) is 10.9 Å². The predicted octanol–water partition coefficient (Wildman–Crippen LogP) is 1.85. The summed E-state index contributed by atoms with van der Waals surface area (Å²) >= 11 is 0. The van der Waals surface area contributed by atoms with Crippen LogP contribution in [0, 0.1) is 0 Å². The first-order valence-electron chi connectivity index (χ1n) is 7.78. The first-order chi connectivity index (χ1) is 11.6. The molecule has 0 unspecified atom stereocenters. The number of nitrogens with zero attached hydrogens (tertiary/aromatic N) is 1. The van der Waals surface area contributed by atoms with Crippen molar-refractivity contribution in [3.8, 4) is 0 Å². The number of aromatic nitrogens is 1. The van der Waals surface area contributed by atoms with Crippen LogP contribution in [0.3, 0.4) is 0 Å². The molecule has 3 aromatic rings. The fourth-order valence-electron chi connectivity index (χ4n) is 3.49. The van der Waals surface area contributed by atoms with E-state index in [0.29, 0.717) is 5.56 Å². The average Bonchev–Trinajstić information content (AvgIpc) is 3.13. The van der Waals surface area contributed by atoms with Gasteiger partial charge in [0.05, 0.1) is 18.1 Å². The highest BCUT2D eigenvalue weighted by atomic mass is 16.4. The van der Waals surface area contributed by atoms with Gasteiger partial charge in [-0.15, -0.1) is 0 Å². The fraction of sp³-hybridized carbons (Fsp3) is 0.158. The summed E-state index contributed by atoms with van der Waals surface area (Å²) < 4.78 is 0. The Hall–Kier alpha value is -3.08. The van der Waals surface area contributed by atoms with Gasteiger partial charge in [-0.25, -0.2) is 0 Å². The summed E-state index contributed by atoms with van der Waals surface area (Å²) in [7, 11) is 0. The lowest BCUT2D eigenvalue weighted by Crippen LogP contribution is -2.48. The molecule has 1 aliphatic rings. The molecule has 5 nitrogen and oxygen atoms in total. The van der Waals surface area contributed by atoms with E-state index in [4.69, 9.17) is 0 Å². The third kappa shape index (κ3) is 1.94. The van der Waals surface area contributed by atoms with Gasteiger partial charge in [0.2, 0.25) is 0 Å². The van der Waals surface area contributed by atoms with Crippen LogP contribution in [0.2, 0.25) is 0 Å². The summed E-state index contributed by atoms with van der Waals surface area (Å²) in [5.41, 5.74) is 3.20. The third-order valence-electron chi connectivity index (χ3n) is 4.67. The number of carboxylic acid groups (broad SMARTS) is 1. The number of rotatable bonds is 3. The normalized spacial score (nSPS) is 18.0. The van der Waals surface area contributed by atoms with Crippen LogP contribution >= 0.6 is 0 Å². The van der Waals surface area contributed by atoms with Crippen molar-refractivity contribution in [3.63, 3.8) is 0 Å². The van der Waals surface area contributed by atoms with Crippen LogP contribution in [0.4, 0.5) is 0 Å². The Balaban J connectivity index is 1.95. The molecule has 5 heteroatoms. The van der Waals surface area contributed by atoms with Crippen molar-refractivity contribution in [1.29, 1.82) is 0 Å². The molecule has 0 fully saturated rings. The van der Waals surface area contributed by atoms with Crippen molar-refractivity contribution in [2.24, 2.45) is 0 Å². The van der Waals surface area contributed by atoms with E-state index in [1.165, 1.54) is 11.8 Å². The van der Waals surface area contributed by atoms with E-state index in [9.17, 15) is 14.7 Å². The van der Waals surface area contributed by atoms with Gasteiger partial charge < -0.3 is 19.8 Å². The van der Waals surface area contributed by atoms with E-state index in [1.54, 1.807) is 12.1 Å². The van der Waals surface area contributed by atoms with Crippen LogP contribution in [0.15, 0.2) is 54.7 Å². The minimum Gasteiger partial charge on any atom is -0.548 e. The number of hydrogen-bond donors (Lipinski definition) is 1. The number of carbonyl (C=O) groups is 2. The van der Waals surface area contributed by atoms with Crippen LogP contribution in [-0.2, 0) is 4.79 Å². The molecule has 2 heterocycles. The van der Waals surface area contributed by atoms with E-state index in [0.717, 1.165) is 22.0 Å². The average molecular weight is 319 g/mol. The summed E-state index contributed by atoms with van der Waals surface area (Å²) in [6.07, 6.45) is 1.85. The number of fused-ring (bicyclic) bond motifs is 2. The first kappa shape index (κ1) is 14.5. The summed E-state index contributed by atoms with van der Waals surface area (Å²) in [6.45, 7) is 1.49. The maximum atomic E-state index is 12.8. The van der Waals surface area contributed by atoms with Gasteiger partial charge in [0.25, 0.3) is 5.91 Å². The molecule has 2 atom stereocenters. The Labute approximate surface area is 138 Å². The van der Waals surface area contributed by atoms with Crippen molar-refractivity contribution in [3.05, 3.63) is 71.4 Å². The van der Waals surface area contributed by atoms with Crippen molar-refractivity contribution in [2.75, 3.05) is 0 Å². The Kier molecular flexibility index (Phi) is 3.16. The molecule has 4 rings (SSSR count). The van der Waals surface area contributed by atoms with Crippen molar-refractivity contribution < 1.29 is 14.7 Å². The number of aliphatic carboxylic acids is 1. The molecule has 1 aliphatic heterocycles. The maximum Gasteiger partial charge on any atom is 0.255 e. The van der Waals surface area contributed by atoms with Gasteiger partial charge >= 0.3 is 0 Å². The van der Waals surface area contributed by atoms with Crippen LogP contribution < -0.4 is 5.11 Å². The van der Waals surface area contributed by atoms with Crippen molar-refractivity contribution >= 4 is 22.8 Å². The smallest absolute Gasteiger partial charge is 0.255 e. The maximum absolute atomic E-state index is 12.8. The highest BCUT2D eigenvalue weighted by Gasteiger charge is 2.41. The number of para-hydroxylation sites is 1. The van der Waals surface area contributed by atoms with Crippen molar-refractivity contribution in [2.45, 2.75) is 19.0 Å². The summed E-state index contributed by atoms with van der Waals surface area (Å²) in [6, 6.07) is 13.6. The van der Waals surface area contributed by atoms with E-state index in [1.807, 2.05) is 42.6 Å². The molecule has 0 saturated heterocycles. The fourth-order valence-corrected chi connectivity index (χ4v) is 3.49. The highest BCUT2D eigenvalue weighted by Crippen LogP contribution is 2.42. The standard InChI is InChI=1S/C19H16N2O3/c1-11(19(23)24)21-17(13-7-2-3-8-14(13)18(21)22)15-10-20-16-9-5-4-6-12(15)16/h2-11,17,20H,1H3,(H,23,24)/p-1/t11-,17-/m0/s1. The van der Waals surface area contributed by atoms with Gasteiger partial charge in [-0.05, 0) is 24.6 Å². The van der Waals surface area contributed by atoms with Gasteiger partial charge in [0.15, 0.2) is 0 Å². The molecule has 24 heavy (non-hydrogen) atoms. The lowest BCUT2D eigenvalue weighted by Gasteiger charge is -2.31. The van der Waals surface area contributed by atoms with Gasteiger partial charge in [0.1, 0.15) is 0 Å². The van der Waals surface area contributed by atoms with Gasteiger partial charge in [-0.2, -0.15) is 0 Å². The van der Waals surface area contributed by atoms with E-state index in [2.05, 4.69) is 4.98 Å². The molecular weight excluding hydrogens is 304 g/mol. The van der Waals surface area contributed by atoms with E-state index < -0.39 is 18.1 Å². The molecular formula is C19H15N2O3-. The second-order valence-corrected chi connectivity index (χ2v) is 5.99. The second-order valence-electron chi connectivity index (χ2n) is 5.99. The number of nitrogens with one attached hydrogen (secondary N) is 1. The zero-order valence-electron chi connectivity index (χ0n) is 13.0. The Morgan fingerprint density at radius 2 is 1.83 bits per heavy atom. The number of hydrogen-bond acceptors (Lipinski definition) is 3. The molecule has 1 N–H and O–H groups in total. The quantitative estimate of drug-likeness (QED) is 0.800. The number of aromatic amines is 1. The summed E-state index contributed by atoms with van der Waals surface area (Å²) in [4.78, 5) is 28.9. The number of amides is 1. The second kappa shape index (κ2) is 5.23. The summed E-state index contributed by atoms with van der Waals surface area (Å²) in [5.74, 6) is -1.54. The molecule has 0 radical (unpaired) electrons. The molecule has 120 valence electrons.